The van der Waals surface area contributed by atoms with Crippen molar-refractivity contribution in [3.63, 3.8) is 0 Å². The van der Waals surface area contributed by atoms with E-state index in [-0.39, 0.29) is 24.3 Å². The average molecular weight is 450 g/mol. The maximum Gasteiger partial charge on any atom is 0.407 e. The Balaban J connectivity index is 1.98. The van der Waals surface area contributed by atoms with Gasteiger partial charge in [0.1, 0.15) is 11.4 Å². The molecule has 1 aliphatic rings. The van der Waals surface area contributed by atoms with E-state index in [0.717, 1.165) is 4.90 Å². The number of hydrogen-bond donors (Lipinski definition) is 3. The number of nitrogens with zero attached hydrogens (tertiary/aromatic N) is 4. The molecule has 0 bridgehead atoms. The molecule has 3 atom stereocenters. The van der Waals surface area contributed by atoms with Gasteiger partial charge in [-0.2, -0.15) is 10.4 Å². The van der Waals surface area contributed by atoms with E-state index in [2.05, 4.69) is 10.4 Å². The second-order valence-electron chi connectivity index (χ2n) is 7.41. The largest absolute Gasteiger partial charge is 0.465 e. The van der Waals surface area contributed by atoms with Crippen molar-refractivity contribution >= 4 is 23.5 Å². The Labute approximate surface area is 181 Å². The molecule has 32 heavy (non-hydrogen) atoms. The number of nitriles is 1. The third kappa shape index (κ3) is 4.46. The first-order valence-corrected chi connectivity index (χ1v) is 9.73. The number of alkyl halides is 2. The number of rotatable bonds is 7. The van der Waals surface area contributed by atoms with E-state index in [1.807, 2.05) is 6.07 Å². The zero-order valence-corrected chi connectivity index (χ0v) is 16.8. The molecule has 2 aromatic rings. The molecule has 9 nitrogen and oxygen atoms in total. The molecule has 4 N–H and O–H groups in total. The van der Waals surface area contributed by atoms with Gasteiger partial charge in [-0.05, 0) is 30.7 Å². The number of piperidine rings is 1. The van der Waals surface area contributed by atoms with Crippen molar-refractivity contribution in [3.8, 4) is 6.07 Å². The van der Waals surface area contributed by atoms with Crippen LogP contribution in [0.3, 0.4) is 0 Å². The molecule has 0 saturated carbocycles. The fraction of sp³-hybridized carbons (Fsp3) is 0.400. The van der Waals surface area contributed by atoms with Gasteiger partial charge in [-0.25, -0.2) is 9.18 Å². The van der Waals surface area contributed by atoms with Gasteiger partial charge in [0.15, 0.2) is 5.82 Å². The Kier molecular flexibility index (Phi) is 6.87. The molecule has 170 valence electrons. The molecule has 1 aromatic carbocycles. The first kappa shape index (κ1) is 22.9. The summed E-state index contributed by atoms with van der Waals surface area (Å²) in [4.78, 5) is 24.4. The van der Waals surface area contributed by atoms with Gasteiger partial charge >= 0.3 is 6.09 Å². The van der Waals surface area contributed by atoms with Crippen LogP contribution >= 0.6 is 0 Å². The van der Waals surface area contributed by atoms with Crippen molar-refractivity contribution in [1.29, 1.82) is 5.26 Å². The summed E-state index contributed by atoms with van der Waals surface area (Å²) in [6.07, 6.45) is 0.0521. The lowest BCUT2D eigenvalue weighted by Crippen LogP contribution is -2.55. The highest BCUT2D eigenvalue weighted by atomic mass is 19.1. The number of carbonyl (C=O) groups is 2. The molecule has 0 radical (unpaired) electrons. The lowest BCUT2D eigenvalue weighted by molar-refractivity contribution is 0.0256. The zero-order chi connectivity index (χ0) is 23.4. The van der Waals surface area contributed by atoms with Crippen molar-refractivity contribution in [2.45, 2.75) is 18.5 Å². The van der Waals surface area contributed by atoms with Crippen LogP contribution in [0.15, 0.2) is 30.5 Å². The molecule has 1 aliphatic heterocycles. The first-order chi connectivity index (χ1) is 15.3. The maximum atomic E-state index is 13.5. The van der Waals surface area contributed by atoms with Crippen LogP contribution < -0.4 is 11.1 Å². The Morgan fingerprint density at radius 3 is 2.50 bits per heavy atom. The standard InChI is InChI=1S/C20H21F3N6O3/c21-7-11(8-22)17-14(9-24)16(5-6-28(17)20(31)32)29-10-15(18(25)30)19(27-29)26-13-3-1-12(23)2-4-13/h1-4,10-11,14,16-17H,5-8H2,(H2,25,30)(H,26,27)(H,31,32)/t14-,16-,17?/m0/s1. The summed E-state index contributed by atoms with van der Waals surface area (Å²) in [6.45, 7) is -2.36. The molecule has 0 spiro atoms. The quantitative estimate of drug-likeness (QED) is 0.593. The number of carbonyl (C=O) groups excluding carboxylic acids is 1. The highest BCUT2D eigenvalue weighted by molar-refractivity contribution is 5.98. The summed E-state index contributed by atoms with van der Waals surface area (Å²) in [5, 5.41) is 26.4. The predicted molar refractivity (Wildman–Crippen MR) is 107 cm³/mol. The Hall–Kier alpha value is -3.75. The van der Waals surface area contributed by atoms with Crippen LogP contribution in [0, 0.1) is 29.0 Å². The van der Waals surface area contributed by atoms with E-state index in [0.29, 0.717) is 5.69 Å². The van der Waals surface area contributed by atoms with Crippen molar-refractivity contribution in [2.24, 2.45) is 17.6 Å². The smallest absolute Gasteiger partial charge is 0.407 e. The van der Waals surface area contributed by atoms with Gasteiger partial charge in [-0.3, -0.25) is 18.3 Å². The van der Waals surface area contributed by atoms with Crippen LogP contribution in [0.2, 0.25) is 0 Å². The molecule has 1 aromatic heterocycles. The average Bonchev–Trinajstić information content (AvgIpc) is 3.19. The summed E-state index contributed by atoms with van der Waals surface area (Å²) >= 11 is 0. The molecule has 0 aliphatic carbocycles. The Bertz CT molecular complexity index is 1020. The summed E-state index contributed by atoms with van der Waals surface area (Å²) in [5.41, 5.74) is 5.84. The van der Waals surface area contributed by atoms with E-state index in [4.69, 9.17) is 5.73 Å². The number of nitrogens with two attached hydrogens (primary N) is 1. The van der Waals surface area contributed by atoms with Crippen molar-refractivity contribution < 1.29 is 27.9 Å². The predicted octanol–water partition coefficient (Wildman–Crippen LogP) is 2.85. The zero-order valence-electron chi connectivity index (χ0n) is 16.8. The number of aromatic nitrogens is 2. The molecule has 2 heterocycles. The van der Waals surface area contributed by atoms with Crippen LogP contribution in [0.5, 0.6) is 0 Å². The number of carboxylic acid groups (broad SMARTS) is 1. The van der Waals surface area contributed by atoms with E-state index in [1.165, 1.54) is 35.1 Å². The highest BCUT2D eigenvalue weighted by Crippen LogP contribution is 2.37. The lowest BCUT2D eigenvalue weighted by Gasteiger charge is -2.43. The number of halogens is 3. The highest BCUT2D eigenvalue weighted by Gasteiger charge is 2.46. The third-order valence-corrected chi connectivity index (χ3v) is 5.53. The molecule has 3 rings (SSSR count). The van der Waals surface area contributed by atoms with Gasteiger partial charge in [-0.1, -0.05) is 0 Å². The normalized spacial score (nSPS) is 20.7. The van der Waals surface area contributed by atoms with Crippen molar-refractivity contribution in [1.82, 2.24) is 14.7 Å². The molecule has 1 saturated heterocycles. The van der Waals surface area contributed by atoms with Crippen LogP contribution in [0.1, 0.15) is 22.8 Å². The van der Waals surface area contributed by atoms with E-state index in [9.17, 15) is 33.1 Å². The van der Waals surface area contributed by atoms with Gasteiger partial charge in [0.2, 0.25) is 0 Å². The van der Waals surface area contributed by atoms with Crippen LogP contribution in [-0.4, -0.2) is 57.7 Å². The summed E-state index contributed by atoms with van der Waals surface area (Å²) < 4.78 is 41.4. The lowest BCUT2D eigenvalue weighted by atomic mass is 9.79. The summed E-state index contributed by atoms with van der Waals surface area (Å²) in [5.74, 6) is -3.68. The number of anilines is 2. The molecular weight excluding hydrogens is 429 g/mol. The van der Waals surface area contributed by atoms with Gasteiger partial charge < -0.3 is 21.1 Å². The van der Waals surface area contributed by atoms with Gasteiger partial charge in [0.25, 0.3) is 5.91 Å². The minimum atomic E-state index is -1.38. The number of amides is 2. The first-order valence-electron chi connectivity index (χ1n) is 9.73. The second kappa shape index (κ2) is 9.59. The van der Waals surface area contributed by atoms with Gasteiger partial charge in [0, 0.05) is 24.3 Å². The van der Waals surface area contributed by atoms with Crippen molar-refractivity contribution in [3.05, 3.63) is 41.8 Å². The minimum absolute atomic E-state index is 0.0178. The van der Waals surface area contributed by atoms with Crippen LogP contribution in [0.25, 0.3) is 0 Å². The van der Waals surface area contributed by atoms with E-state index in [1.54, 1.807) is 0 Å². The van der Waals surface area contributed by atoms with Gasteiger partial charge in [0.05, 0.1) is 37.4 Å². The van der Waals surface area contributed by atoms with E-state index >= 15 is 0 Å². The number of nitrogens with one attached hydrogen (secondary N) is 1. The van der Waals surface area contributed by atoms with Gasteiger partial charge in [-0.15, -0.1) is 0 Å². The fourth-order valence-corrected chi connectivity index (χ4v) is 3.98. The molecule has 2 amide bonds. The topological polar surface area (TPSA) is 137 Å². The SMILES string of the molecule is N#C[C@@H]1C(C(CF)CF)N(C(=O)O)CC[C@@H]1n1cc(C(N)=O)c(Nc2ccc(F)cc2)n1. The second-order valence-corrected chi connectivity index (χ2v) is 7.41. The monoisotopic (exact) mass is 450 g/mol. The summed E-state index contributed by atoms with van der Waals surface area (Å²) in [7, 11) is 0. The minimum Gasteiger partial charge on any atom is -0.465 e. The Morgan fingerprint density at radius 1 is 1.31 bits per heavy atom. The number of primary amides is 1. The van der Waals surface area contributed by atoms with Crippen LogP contribution in [0.4, 0.5) is 29.5 Å². The molecule has 12 heteroatoms. The van der Waals surface area contributed by atoms with Crippen LogP contribution in [-0.2, 0) is 0 Å². The molecule has 1 fully saturated rings. The summed E-state index contributed by atoms with van der Waals surface area (Å²) in [6, 6.07) is 5.23. The number of hydrogen-bond acceptors (Lipinski definition) is 5. The maximum absolute atomic E-state index is 13.5. The number of benzene rings is 1. The van der Waals surface area contributed by atoms with Crippen molar-refractivity contribution in [2.75, 3.05) is 25.2 Å². The third-order valence-electron chi connectivity index (χ3n) is 5.53. The number of likely N-dealkylation sites (tertiary alicyclic amines) is 1. The molecular formula is C20H21F3N6O3. The fourth-order valence-electron chi connectivity index (χ4n) is 3.98. The Morgan fingerprint density at radius 2 is 1.97 bits per heavy atom. The van der Waals surface area contributed by atoms with E-state index < -0.39 is 55.1 Å². The molecule has 1 unspecified atom stereocenters.